The number of rotatable bonds is 13. The van der Waals surface area contributed by atoms with Gasteiger partial charge in [0.05, 0.1) is 25.3 Å². The average molecular weight is 493 g/mol. The summed E-state index contributed by atoms with van der Waals surface area (Å²) in [5.74, 6) is -0.369. The average Bonchev–Trinajstić information content (AvgIpc) is 3.14. The van der Waals surface area contributed by atoms with Crippen molar-refractivity contribution in [2.45, 2.75) is 32.2 Å². The van der Waals surface area contributed by atoms with Crippen molar-refractivity contribution in [2.24, 2.45) is 0 Å². The number of amides is 1. The molecule has 0 spiro atoms. The number of carbonyl (C=O) groups excluding carboxylic acids is 2. The maximum atomic E-state index is 13.3. The number of hydrogen-bond donors (Lipinski definition) is 1. The molecule has 0 saturated carbocycles. The Kier molecular flexibility index (Phi) is 9.70. The molecule has 2 aromatic rings. The normalized spacial score (nSPS) is 15.9. The van der Waals surface area contributed by atoms with E-state index in [4.69, 9.17) is 9.47 Å². The molecule has 1 aliphatic rings. The van der Waals surface area contributed by atoms with Gasteiger partial charge in [0.1, 0.15) is 0 Å². The Labute approximate surface area is 213 Å². The number of ketones is 1. The molecule has 2 aromatic carbocycles. The highest BCUT2D eigenvalue weighted by atomic mass is 16.5. The summed E-state index contributed by atoms with van der Waals surface area (Å²) in [7, 11) is 5.38. The minimum Gasteiger partial charge on any atom is -0.503 e. The first kappa shape index (κ1) is 27.0. The van der Waals surface area contributed by atoms with Gasteiger partial charge in [-0.3, -0.25) is 9.59 Å². The van der Waals surface area contributed by atoms with Gasteiger partial charge in [-0.05, 0) is 49.9 Å². The molecule has 1 unspecified atom stereocenters. The SMILES string of the molecule is CCCCCOc1ccc(C2C(C(=O)/C=C/c3ccccc3)=C(O)C(=O)N2CCN(C)C)cc1OC. The van der Waals surface area contributed by atoms with Crippen LogP contribution in [0.3, 0.4) is 0 Å². The van der Waals surface area contributed by atoms with Gasteiger partial charge in [-0.25, -0.2) is 0 Å². The maximum absolute atomic E-state index is 13.3. The van der Waals surface area contributed by atoms with E-state index in [1.165, 1.54) is 11.0 Å². The number of allylic oxidation sites excluding steroid dienone is 1. The lowest BCUT2D eigenvalue weighted by atomic mass is 9.95. The standard InChI is InChI=1S/C29H36N2O5/c1-5-6-10-19-36-24-16-14-22(20-25(24)35-4)27-26(23(32)15-13-21-11-8-7-9-12-21)28(33)29(34)31(27)18-17-30(2)3/h7-9,11-16,20,27,33H,5-6,10,17-19H2,1-4H3/b15-13+. The molecular weight excluding hydrogens is 456 g/mol. The first-order chi connectivity index (χ1) is 17.4. The summed E-state index contributed by atoms with van der Waals surface area (Å²) in [6.45, 7) is 3.64. The van der Waals surface area contributed by atoms with E-state index in [2.05, 4.69) is 6.92 Å². The van der Waals surface area contributed by atoms with Crippen LogP contribution in [0.1, 0.15) is 43.4 Å². The summed E-state index contributed by atoms with van der Waals surface area (Å²) < 4.78 is 11.5. The highest BCUT2D eigenvalue weighted by Crippen LogP contribution is 2.41. The quantitative estimate of drug-likeness (QED) is 0.320. The van der Waals surface area contributed by atoms with Crippen molar-refractivity contribution >= 4 is 17.8 Å². The summed E-state index contributed by atoms with van der Waals surface area (Å²) in [6.07, 6.45) is 6.21. The lowest BCUT2D eigenvalue weighted by Crippen LogP contribution is -2.36. The molecule has 1 atom stereocenters. The minimum atomic E-state index is -0.742. The van der Waals surface area contributed by atoms with E-state index in [1.54, 1.807) is 25.3 Å². The Morgan fingerprint density at radius 3 is 2.53 bits per heavy atom. The third-order valence-electron chi connectivity index (χ3n) is 6.09. The number of benzene rings is 2. The van der Waals surface area contributed by atoms with Crippen molar-refractivity contribution in [1.82, 2.24) is 9.80 Å². The highest BCUT2D eigenvalue weighted by molar-refractivity contribution is 6.14. The number of unbranched alkanes of at least 4 members (excludes halogenated alkanes) is 2. The van der Waals surface area contributed by atoms with Gasteiger partial charge in [0.15, 0.2) is 23.0 Å². The zero-order valence-corrected chi connectivity index (χ0v) is 21.6. The first-order valence-electron chi connectivity index (χ1n) is 12.3. The summed E-state index contributed by atoms with van der Waals surface area (Å²) in [5.41, 5.74) is 1.58. The fourth-order valence-corrected chi connectivity index (χ4v) is 4.12. The number of hydrogen-bond acceptors (Lipinski definition) is 6. The monoisotopic (exact) mass is 492 g/mol. The molecule has 7 nitrogen and oxygen atoms in total. The van der Waals surface area contributed by atoms with E-state index < -0.39 is 23.5 Å². The van der Waals surface area contributed by atoms with Crippen molar-refractivity contribution in [3.05, 3.63) is 77.1 Å². The molecule has 0 radical (unpaired) electrons. The van der Waals surface area contributed by atoms with Gasteiger partial charge in [0.2, 0.25) is 0 Å². The zero-order chi connectivity index (χ0) is 26.1. The van der Waals surface area contributed by atoms with Crippen LogP contribution in [0.4, 0.5) is 0 Å². The topological polar surface area (TPSA) is 79.3 Å². The van der Waals surface area contributed by atoms with Crippen molar-refractivity contribution in [3.8, 4) is 11.5 Å². The van der Waals surface area contributed by atoms with Crippen molar-refractivity contribution in [1.29, 1.82) is 0 Å². The fraction of sp³-hybridized carbons (Fsp3) is 0.379. The Morgan fingerprint density at radius 1 is 1.11 bits per heavy atom. The highest BCUT2D eigenvalue weighted by Gasteiger charge is 2.43. The third-order valence-corrected chi connectivity index (χ3v) is 6.09. The van der Waals surface area contributed by atoms with E-state index >= 15 is 0 Å². The van der Waals surface area contributed by atoms with Gasteiger partial charge in [-0.15, -0.1) is 0 Å². The summed E-state index contributed by atoms with van der Waals surface area (Å²) in [5, 5.41) is 10.8. The molecule has 3 rings (SSSR count). The maximum Gasteiger partial charge on any atom is 0.290 e. The molecule has 1 aliphatic heterocycles. The molecule has 7 heteroatoms. The Balaban J connectivity index is 1.96. The second-order valence-electron chi connectivity index (χ2n) is 9.04. The molecule has 1 heterocycles. The van der Waals surface area contributed by atoms with E-state index in [0.29, 0.717) is 36.8 Å². The summed E-state index contributed by atoms with van der Waals surface area (Å²) in [6, 6.07) is 14.1. The Hall–Kier alpha value is -3.58. The molecule has 0 aromatic heterocycles. The van der Waals surface area contributed by atoms with E-state index in [0.717, 1.165) is 24.8 Å². The lowest BCUT2D eigenvalue weighted by molar-refractivity contribution is -0.129. The van der Waals surface area contributed by atoms with Crippen LogP contribution in [0.15, 0.2) is 65.9 Å². The number of ether oxygens (including phenoxy) is 2. The van der Waals surface area contributed by atoms with Crippen LogP contribution < -0.4 is 9.47 Å². The number of nitrogens with zero attached hydrogens (tertiary/aromatic N) is 2. The predicted octanol–water partition coefficient (Wildman–Crippen LogP) is 4.80. The molecule has 1 N–H and O–H groups in total. The summed E-state index contributed by atoms with van der Waals surface area (Å²) >= 11 is 0. The van der Waals surface area contributed by atoms with Gasteiger partial charge >= 0.3 is 0 Å². The first-order valence-corrected chi connectivity index (χ1v) is 12.3. The van der Waals surface area contributed by atoms with Gasteiger partial charge in [0, 0.05) is 13.1 Å². The van der Waals surface area contributed by atoms with E-state index in [-0.39, 0.29) is 5.57 Å². The van der Waals surface area contributed by atoms with Crippen LogP contribution in [0, 0.1) is 0 Å². The molecule has 36 heavy (non-hydrogen) atoms. The second-order valence-corrected chi connectivity index (χ2v) is 9.04. The number of methoxy groups -OCH3 is 1. The van der Waals surface area contributed by atoms with Crippen LogP contribution in [0.25, 0.3) is 6.08 Å². The zero-order valence-electron chi connectivity index (χ0n) is 21.6. The van der Waals surface area contributed by atoms with E-state index in [1.807, 2.05) is 55.4 Å². The summed E-state index contributed by atoms with van der Waals surface area (Å²) in [4.78, 5) is 29.9. The molecule has 0 bridgehead atoms. The van der Waals surface area contributed by atoms with Crippen molar-refractivity contribution in [2.75, 3.05) is 40.9 Å². The van der Waals surface area contributed by atoms with Crippen LogP contribution in [-0.4, -0.2) is 67.5 Å². The van der Waals surface area contributed by atoms with Gasteiger partial charge in [-0.2, -0.15) is 0 Å². The number of likely N-dealkylation sites (N-methyl/N-ethyl adjacent to an activating group) is 1. The number of carbonyl (C=O) groups is 2. The smallest absolute Gasteiger partial charge is 0.290 e. The van der Waals surface area contributed by atoms with Crippen molar-refractivity contribution < 1.29 is 24.2 Å². The molecule has 0 saturated heterocycles. The van der Waals surface area contributed by atoms with Gasteiger partial charge < -0.3 is 24.4 Å². The van der Waals surface area contributed by atoms with Gasteiger partial charge in [-0.1, -0.05) is 62.2 Å². The van der Waals surface area contributed by atoms with Crippen molar-refractivity contribution in [3.63, 3.8) is 0 Å². The lowest BCUT2D eigenvalue weighted by Gasteiger charge is -2.28. The molecule has 192 valence electrons. The van der Waals surface area contributed by atoms with Crippen LogP contribution in [0.5, 0.6) is 11.5 Å². The number of aliphatic hydroxyl groups is 1. The third kappa shape index (κ3) is 6.55. The predicted molar refractivity (Wildman–Crippen MR) is 141 cm³/mol. The second kappa shape index (κ2) is 12.9. The van der Waals surface area contributed by atoms with E-state index in [9.17, 15) is 14.7 Å². The molecule has 0 aliphatic carbocycles. The van der Waals surface area contributed by atoms with Crippen LogP contribution in [0.2, 0.25) is 0 Å². The Bertz CT molecular complexity index is 1110. The van der Waals surface area contributed by atoms with Crippen LogP contribution in [-0.2, 0) is 9.59 Å². The largest absolute Gasteiger partial charge is 0.503 e. The fourth-order valence-electron chi connectivity index (χ4n) is 4.12. The Morgan fingerprint density at radius 2 is 1.86 bits per heavy atom. The number of aliphatic hydroxyl groups excluding tert-OH is 1. The molecular formula is C29H36N2O5. The van der Waals surface area contributed by atoms with Gasteiger partial charge in [0.25, 0.3) is 5.91 Å². The van der Waals surface area contributed by atoms with Crippen LogP contribution >= 0.6 is 0 Å². The molecule has 0 fully saturated rings. The minimum absolute atomic E-state index is 0.0598. The molecule has 1 amide bonds.